The Labute approximate surface area is 157 Å². The molecule has 0 saturated carbocycles. The van der Waals surface area contributed by atoms with E-state index in [0.717, 1.165) is 0 Å². The summed E-state index contributed by atoms with van der Waals surface area (Å²) in [6.45, 7) is 2.87. The Bertz CT molecular complexity index is 921. The zero-order valence-electron chi connectivity index (χ0n) is 13.5. The molecule has 3 aromatic rings. The first-order valence-corrected chi connectivity index (χ1v) is 8.45. The molecule has 0 spiro atoms. The summed E-state index contributed by atoms with van der Waals surface area (Å²) in [4.78, 5) is 1.98. The monoisotopic (exact) mass is 395 g/mol. The van der Waals surface area contributed by atoms with Gasteiger partial charge in [0.25, 0.3) is 5.89 Å². The molecule has 3 heterocycles. The molecule has 26 heavy (non-hydrogen) atoms. The van der Waals surface area contributed by atoms with Gasteiger partial charge in [-0.3, -0.25) is 0 Å². The lowest BCUT2D eigenvalue weighted by Gasteiger charge is -2.39. The highest BCUT2D eigenvalue weighted by Crippen LogP contribution is 2.36. The average molecular weight is 396 g/mol. The highest BCUT2D eigenvalue weighted by atomic mass is 35.5. The normalized spacial score (nSPS) is 14.4. The Hall–Kier alpha value is -2.45. The highest BCUT2D eigenvalue weighted by molar-refractivity contribution is 6.37. The molecule has 0 aliphatic carbocycles. The van der Waals surface area contributed by atoms with E-state index in [-0.39, 0.29) is 21.9 Å². The predicted molar refractivity (Wildman–Crippen MR) is 93.1 cm³/mol. The molecule has 0 atom stereocenters. The SMILES string of the molecule is Cc1nnc(-c2ccc(N3CC(Oc4c(Cl)cc(F)cc4Cl)C3)nn2)o1. The van der Waals surface area contributed by atoms with E-state index in [9.17, 15) is 4.39 Å². The van der Waals surface area contributed by atoms with Gasteiger partial charge in [0.15, 0.2) is 11.6 Å². The van der Waals surface area contributed by atoms with Crippen LogP contribution in [0.4, 0.5) is 10.2 Å². The van der Waals surface area contributed by atoms with Crippen molar-refractivity contribution in [1.82, 2.24) is 20.4 Å². The van der Waals surface area contributed by atoms with Crippen LogP contribution in [0.1, 0.15) is 5.89 Å². The molecule has 0 amide bonds. The third-order valence-electron chi connectivity index (χ3n) is 3.82. The molecule has 1 aliphatic heterocycles. The molecule has 0 unspecified atom stereocenters. The summed E-state index contributed by atoms with van der Waals surface area (Å²) in [5, 5.41) is 16.2. The third-order valence-corrected chi connectivity index (χ3v) is 4.38. The van der Waals surface area contributed by atoms with Gasteiger partial charge in [0, 0.05) is 6.92 Å². The lowest BCUT2D eigenvalue weighted by molar-refractivity contribution is 0.167. The van der Waals surface area contributed by atoms with E-state index in [2.05, 4.69) is 20.4 Å². The molecule has 0 radical (unpaired) electrons. The number of hydrogen-bond acceptors (Lipinski definition) is 7. The van der Waals surface area contributed by atoms with Crippen LogP contribution in [0.15, 0.2) is 28.7 Å². The fraction of sp³-hybridized carbons (Fsp3) is 0.250. The Morgan fingerprint density at radius 3 is 2.42 bits per heavy atom. The molecule has 134 valence electrons. The Morgan fingerprint density at radius 1 is 1.12 bits per heavy atom. The second-order valence-electron chi connectivity index (χ2n) is 5.75. The van der Waals surface area contributed by atoms with Crippen molar-refractivity contribution in [3.63, 3.8) is 0 Å². The van der Waals surface area contributed by atoms with E-state index in [0.29, 0.717) is 36.4 Å². The van der Waals surface area contributed by atoms with Gasteiger partial charge in [-0.05, 0) is 24.3 Å². The molecule has 1 aromatic carbocycles. The van der Waals surface area contributed by atoms with Crippen LogP contribution in [0.3, 0.4) is 0 Å². The Morgan fingerprint density at radius 2 is 1.85 bits per heavy atom. The van der Waals surface area contributed by atoms with Gasteiger partial charge in [-0.1, -0.05) is 23.2 Å². The molecule has 0 bridgehead atoms. The van der Waals surface area contributed by atoms with Gasteiger partial charge in [-0.15, -0.1) is 20.4 Å². The Balaban J connectivity index is 1.39. The number of anilines is 1. The number of benzene rings is 1. The van der Waals surface area contributed by atoms with Crippen molar-refractivity contribution in [2.45, 2.75) is 13.0 Å². The van der Waals surface area contributed by atoms with E-state index in [1.807, 2.05) is 11.0 Å². The minimum absolute atomic E-state index is 0.129. The van der Waals surface area contributed by atoms with Gasteiger partial charge >= 0.3 is 0 Å². The van der Waals surface area contributed by atoms with Crippen molar-refractivity contribution in [1.29, 1.82) is 0 Å². The van der Waals surface area contributed by atoms with E-state index in [1.165, 1.54) is 12.1 Å². The van der Waals surface area contributed by atoms with Crippen LogP contribution in [0.5, 0.6) is 5.75 Å². The third kappa shape index (κ3) is 3.30. The molecule has 1 fully saturated rings. The maximum atomic E-state index is 13.2. The lowest BCUT2D eigenvalue weighted by atomic mass is 10.1. The van der Waals surface area contributed by atoms with Gasteiger partial charge in [0.05, 0.1) is 23.1 Å². The lowest BCUT2D eigenvalue weighted by Crippen LogP contribution is -2.54. The number of ether oxygens (including phenoxy) is 1. The first-order chi connectivity index (χ1) is 12.5. The predicted octanol–water partition coefficient (Wildman–Crippen LogP) is 3.55. The largest absolute Gasteiger partial charge is 0.484 e. The average Bonchev–Trinajstić information content (AvgIpc) is 2.99. The van der Waals surface area contributed by atoms with Crippen LogP contribution >= 0.6 is 23.2 Å². The first-order valence-electron chi connectivity index (χ1n) is 7.70. The zero-order chi connectivity index (χ0) is 18.3. The molecule has 10 heteroatoms. The number of hydrogen-bond donors (Lipinski definition) is 0. The van der Waals surface area contributed by atoms with E-state index < -0.39 is 5.82 Å². The maximum absolute atomic E-state index is 13.2. The van der Waals surface area contributed by atoms with Gasteiger partial charge in [0.2, 0.25) is 5.89 Å². The van der Waals surface area contributed by atoms with Gasteiger partial charge in [-0.2, -0.15) is 0 Å². The van der Waals surface area contributed by atoms with Crippen molar-refractivity contribution >= 4 is 29.0 Å². The van der Waals surface area contributed by atoms with Gasteiger partial charge in [0.1, 0.15) is 17.6 Å². The summed E-state index contributed by atoms with van der Waals surface area (Å²) in [5.74, 6) is 1.27. The van der Waals surface area contributed by atoms with Gasteiger partial charge in [-0.25, -0.2) is 4.39 Å². The fourth-order valence-electron chi connectivity index (χ4n) is 2.52. The maximum Gasteiger partial charge on any atom is 0.268 e. The van der Waals surface area contributed by atoms with Crippen molar-refractivity contribution in [3.8, 4) is 17.3 Å². The van der Waals surface area contributed by atoms with Crippen molar-refractivity contribution in [3.05, 3.63) is 46.0 Å². The summed E-state index contributed by atoms with van der Waals surface area (Å²) in [7, 11) is 0. The zero-order valence-corrected chi connectivity index (χ0v) is 15.0. The number of aromatic nitrogens is 4. The summed E-state index contributed by atoms with van der Waals surface area (Å²) >= 11 is 12.0. The van der Waals surface area contributed by atoms with E-state index in [4.69, 9.17) is 32.4 Å². The van der Waals surface area contributed by atoms with Crippen molar-refractivity contribution in [2.75, 3.05) is 18.0 Å². The molecule has 4 rings (SSSR count). The van der Waals surface area contributed by atoms with Crippen molar-refractivity contribution < 1.29 is 13.5 Å². The molecule has 1 saturated heterocycles. The van der Waals surface area contributed by atoms with Crippen LogP contribution in [0, 0.1) is 12.7 Å². The molecule has 2 aromatic heterocycles. The second kappa shape index (κ2) is 6.69. The van der Waals surface area contributed by atoms with Crippen LogP contribution in [0.25, 0.3) is 11.6 Å². The summed E-state index contributed by atoms with van der Waals surface area (Å²) in [5.41, 5.74) is 0.507. The Kier molecular flexibility index (Phi) is 4.37. The van der Waals surface area contributed by atoms with E-state index in [1.54, 1.807) is 13.0 Å². The summed E-state index contributed by atoms with van der Waals surface area (Å²) in [6, 6.07) is 5.92. The summed E-state index contributed by atoms with van der Waals surface area (Å²) in [6.07, 6.45) is -0.129. The van der Waals surface area contributed by atoms with Crippen LogP contribution in [-0.4, -0.2) is 39.6 Å². The molecule has 7 nitrogen and oxygen atoms in total. The van der Waals surface area contributed by atoms with Crippen LogP contribution in [-0.2, 0) is 0 Å². The molecular weight excluding hydrogens is 384 g/mol. The topological polar surface area (TPSA) is 77.2 Å². The first kappa shape index (κ1) is 17.0. The number of aryl methyl sites for hydroxylation is 1. The fourth-order valence-corrected chi connectivity index (χ4v) is 3.07. The van der Waals surface area contributed by atoms with Crippen LogP contribution < -0.4 is 9.64 Å². The minimum Gasteiger partial charge on any atom is -0.484 e. The van der Waals surface area contributed by atoms with E-state index >= 15 is 0 Å². The molecule has 1 aliphatic rings. The highest BCUT2D eigenvalue weighted by Gasteiger charge is 2.31. The number of rotatable bonds is 4. The quantitative estimate of drug-likeness (QED) is 0.668. The standard InChI is InChI=1S/C16H12Cl2FN5O2/c1-8-20-23-16(25-8)13-2-3-14(22-21-13)24-6-10(7-24)26-15-11(17)4-9(19)5-12(15)18/h2-5,10H,6-7H2,1H3. The smallest absolute Gasteiger partial charge is 0.268 e. The number of halogens is 3. The minimum atomic E-state index is -0.505. The molecule has 0 N–H and O–H groups in total. The van der Waals surface area contributed by atoms with Crippen molar-refractivity contribution in [2.24, 2.45) is 0 Å². The molecular formula is C16H12Cl2FN5O2. The summed E-state index contributed by atoms with van der Waals surface area (Å²) < 4.78 is 24.3. The van der Waals surface area contributed by atoms with Crippen LogP contribution in [0.2, 0.25) is 10.0 Å². The number of nitrogens with zero attached hydrogens (tertiary/aromatic N) is 5. The second-order valence-corrected chi connectivity index (χ2v) is 6.56. The van der Waals surface area contributed by atoms with Gasteiger partial charge < -0.3 is 14.1 Å².